The normalized spacial score (nSPS) is 15.9. The molecule has 0 amide bonds. The minimum Gasteiger partial charge on any atom is -0.493 e. The third kappa shape index (κ3) is 6.48. The van der Waals surface area contributed by atoms with E-state index in [2.05, 4.69) is 15.2 Å². The van der Waals surface area contributed by atoms with Crippen molar-refractivity contribution < 1.29 is 14.6 Å². The molecule has 1 aliphatic heterocycles. The molecule has 2 aromatic rings. The number of likely N-dealkylation sites (tertiary alicyclic amines) is 1. The van der Waals surface area contributed by atoms with Crippen molar-refractivity contribution in [2.75, 3.05) is 33.3 Å². The number of nitrogens with zero attached hydrogens (tertiary/aromatic N) is 2. The summed E-state index contributed by atoms with van der Waals surface area (Å²) in [6.45, 7) is 4.69. The summed E-state index contributed by atoms with van der Waals surface area (Å²) in [5.74, 6) is 1.43. The van der Waals surface area contributed by atoms with Gasteiger partial charge in [-0.1, -0.05) is 12.5 Å². The van der Waals surface area contributed by atoms with Gasteiger partial charge in [-0.25, -0.2) is 0 Å². The molecule has 2 heterocycles. The number of aromatic nitrogens is 1. The number of aliphatic hydroxyl groups is 1. The standard InChI is InChI=1S/C22H31N3O3/c1-27-22-13-19(5-6-21(22)28-17-18-7-9-23-10-8-18)14-24-15-20(26)16-25-11-3-2-4-12-25/h5-10,13,20,24,26H,2-4,11-12,14-17H2,1H3. The lowest BCUT2D eigenvalue weighted by atomic mass is 10.1. The van der Waals surface area contributed by atoms with Crippen LogP contribution in [-0.4, -0.2) is 54.4 Å². The summed E-state index contributed by atoms with van der Waals surface area (Å²) < 4.78 is 11.4. The maximum absolute atomic E-state index is 10.2. The molecule has 1 aromatic heterocycles. The average Bonchev–Trinajstić information content (AvgIpc) is 2.74. The highest BCUT2D eigenvalue weighted by atomic mass is 16.5. The number of β-amino-alcohol motifs (C(OH)–C–C–N with tert-alkyl or cyclic N) is 1. The van der Waals surface area contributed by atoms with Gasteiger partial charge in [0.15, 0.2) is 11.5 Å². The Morgan fingerprint density at radius 1 is 1.07 bits per heavy atom. The largest absolute Gasteiger partial charge is 0.493 e. The van der Waals surface area contributed by atoms with E-state index in [-0.39, 0.29) is 6.10 Å². The lowest BCUT2D eigenvalue weighted by Crippen LogP contribution is -2.40. The minimum atomic E-state index is -0.344. The predicted octanol–water partition coefficient (Wildman–Crippen LogP) is 2.61. The molecule has 1 aromatic carbocycles. The summed E-state index contributed by atoms with van der Waals surface area (Å²) in [4.78, 5) is 6.37. The second-order valence-corrected chi connectivity index (χ2v) is 7.28. The number of nitrogens with one attached hydrogen (secondary N) is 1. The predicted molar refractivity (Wildman–Crippen MR) is 110 cm³/mol. The van der Waals surface area contributed by atoms with E-state index in [0.717, 1.165) is 30.8 Å². The second kappa shape index (κ2) is 11.0. The fraction of sp³-hybridized carbons (Fsp3) is 0.500. The van der Waals surface area contributed by atoms with E-state index < -0.39 is 0 Å². The van der Waals surface area contributed by atoms with Gasteiger partial charge in [-0.3, -0.25) is 4.98 Å². The lowest BCUT2D eigenvalue weighted by Gasteiger charge is -2.28. The molecule has 1 atom stereocenters. The van der Waals surface area contributed by atoms with Crippen molar-refractivity contribution in [1.29, 1.82) is 0 Å². The zero-order valence-corrected chi connectivity index (χ0v) is 16.6. The van der Waals surface area contributed by atoms with Crippen molar-refractivity contribution >= 4 is 0 Å². The van der Waals surface area contributed by atoms with Gasteiger partial charge in [0.1, 0.15) is 6.61 Å². The Bertz CT molecular complexity index is 705. The second-order valence-electron chi connectivity index (χ2n) is 7.28. The molecule has 3 rings (SSSR count). The van der Waals surface area contributed by atoms with Crippen LogP contribution >= 0.6 is 0 Å². The summed E-state index contributed by atoms with van der Waals surface area (Å²) in [5.41, 5.74) is 2.16. The topological polar surface area (TPSA) is 66.8 Å². The van der Waals surface area contributed by atoms with E-state index in [1.807, 2.05) is 30.3 Å². The van der Waals surface area contributed by atoms with E-state index >= 15 is 0 Å². The number of rotatable bonds is 10. The number of aliphatic hydroxyl groups excluding tert-OH is 1. The molecule has 152 valence electrons. The van der Waals surface area contributed by atoms with Crippen LogP contribution in [0.5, 0.6) is 11.5 Å². The molecule has 0 radical (unpaired) electrons. The molecular formula is C22H31N3O3. The summed E-state index contributed by atoms with van der Waals surface area (Å²) in [7, 11) is 1.65. The highest BCUT2D eigenvalue weighted by molar-refractivity contribution is 5.43. The minimum absolute atomic E-state index is 0.344. The third-order valence-corrected chi connectivity index (χ3v) is 5.00. The van der Waals surface area contributed by atoms with Gasteiger partial charge in [0.2, 0.25) is 0 Å². The molecule has 6 nitrogen and oxygen atoms in total. The van der Waals surface area contributed by atoms with E-state index in [4.69, 9.17) is 9.47 Å². The van der Waals surface area contributed by atoms with Gasteiger partial charge in [-0.2, -0.15) is 0 Å². The fourth-order valence-electron chi connectivity index (χ4n) is 3.47. The van der Waals surface area contributed by atoms with Crippen LogP contribution in [0.4, 0.5) is 0 Å². The first-order valence-electron chi connectivity index (χ1n) is 10.0. The van der Waals surface area contributed by atoms with Crippen molar-refractivity contribution in [2.24, 2.45) is 0 Å². The van der Waals surface area contributed by atoms with Gasteiger partial charge in [0, 0.05) is 32.0 Å². The molecule has 1 aliphatic rings. The van der Waals surface area contributed by atoms with Crippen LogP contribution in [0, 0.1) is 0 Å². The molecule has 28 heavy (non-hydrogen) atoms. The maximum atomic E-state index is 10.2. The molecular weight excluding hydrogens is 354 g/mol. The van der Waals surface area contributed by atoms with Crippen LogP contribution in [0.25, 0.3) is 0 Å². The molecule has 0 saturated carbocycles. The maximum Gasteiger partial charge on any atom is 0.161 e. The van der Waals surface area contributed by atoms with Gasteiger partial charge < -0.3 is 24.8 Å². The van der Waals surface area contributed by atoms with Crippen molar-refractivity contribution in [3.8, 4) is 11.5 Å². The number of benzene rings is 1. The molecule has 1 unspecified atom stereocenters. The Hall–Kier alpha value is -2.15. The van der Waals surface area contributed by atoms with Crippen LogP contribution < -0.4 is 14.8 Å². The molecule has 2 N–H and O–H groups in total. The Labute approximate surface area is 167 Å². The number of piperidine rings is 1. The van der Waals surface area contributed by atoms with E-state index in [0.29, 0.717) is 31.2 Å². The first kappa shape index (κ1) is 20.6. The highest BCUT2D eigenvalue weighted by Crippen LogP contribution is 2.28. The van der Waals surface area contributed by atoms with Crippen LogP contribution in [0.2, 0.25) is 0 Å². The van der Waals surface area contributed by atoms with Gasteiger partial charge in [0.25, 0.3) is 0 Å². The van der Waals surface area contributed by atoms with Crippen LogP contribution in [0.15, 0.2) is 42.7 Å². The highest BCUT2D eigenvalue weighted by Gasteiger charge is 2.14. The molecule has 0 spiro atoms. The summed E-state index contributed by atoms with van der Waals surface area (Å²) >= 11 is 0. The Balaban J connectivity index is 1.45. The molecule has 1 fully saturated rings. The molecule has 6 heteroatoms. The zero-order valence-electron chi connectivity index (χ0n) is 16.6. The van der Waals surface area contributed by atoms with Gasteiger partial charge in [-0.05, 0) is 61.3 Å². The number of pyridine rings is 1. The Kier molecular flexibility index (Phi) is 8.08. The van der Waals surface area contributed by atoms with Crippen molar-refractivity contribution in [3.63, 3.8) is 0 Å². The Morgan fingerprint density at radius 3 is 2.61 bits per heavy atom. The smallest absolute Gasteiger partial charge is 0.161 e. The van der Waals surface area contributed by atoms with Crippen LogP contribution in [0.1, 0.15) is 30.4 Å². The van der Waals surface area contributed by atoms with Gasteiger partial charge >= 0.3 is 0 Å². The molecule has 1 saturated heterocycles. The molecule has 0 aliphatic carbocycles. The zero-order chi connectivity index (χ0) is 19.6. The van der Waals surface area contributed by atoms with Crippen molar-refractivity contribution in [3.05, 3.63) is 53.9 Å². The number of hydrogen-bond acceptors (Lipinski definition) is 6. The van der Waals surface area contributed by atoms with E-state index in [9.17, 15) is 5.11 Å². The lowest BCUT2D eigenvalue weighted by molar-refractivity contribution is 0.1000. The SMILES string of the molecule is COc1cc(CNCC(O)CN2CCCCC2)ccc1OCc1ccncc1. The quantitative estimate of drug-likeness (QED) is 0.655. The van der Waals surface area contributed by atoms with Crippen molar-refractivity contribution in [1.82, 2.24) is 15.2 Å². The summed E-state index contributed by atoms with van der Waals surface area (Å²) in [6, 6.07) is 9.79. The first-order valence-corrected chi connectivity index (χ1v) is 10.0. The van der Waals surface area contributed by atoms with Gasteiger partial charge in [-0.15, -0.1) is 0 Å². The molecule has 0 bridgehead atoms. The van der Waals surface area contributed by atoms with E-state index in [1.165, 1.54) is 19.3 Å². The summed E-state index contributed by atoms with van der Waals surface area (Å²) in [5, 5.41) is 13.6. The first-order chi connectivity index (χ1) is 13.7. The van der Waals surface area contributed by atoms with Crippen LogP contribution in [-0.2, 0) is 13.2 Å². The fourth-order valence-corrected chi connectivity index (χ4v) is 3.47. The van der Waals surface area contributed by atoms with E-state index in [1.54, 1.807) is 19.5 Å². The van der Waals surface area contributed by atoms with Crippen LogP contribution in [0.3, 0.4) is 0 Å². The van der Waals surface area contributed by atoms with Crippen molar-refractivity contribution in [2.45, 2.75) is 38.5 Å². The average molecular weight is 386 g/mol. The Morgan fingerprint density at radius 2 is 1.86 bits per heavy atom. The number of methoxy groups -OCH3 is 1. The summed E-state index contributed by atoms with van der Waals surface area (Å²) in [6.07, 6.45) is 6.97. The van der Waals surface area contributed by atoms with Gasteiger partial charge in [0.05, 0.1) is 13.2 Å². The third-order valence-electron chi connectivity index (χ3n) is 5.00. The number of hydrogen-bond donors (Lipinski definition) is 2. The monoisotopic (exact) mass is 385 g/mol. The number of ether oxygens (including phenoxy) is 2.